The van der Waals surface area contributed by atoms with Crippen LogP contribution in [0.2, 0.25) is 0 Å². The largest absolute Gasteiger partial charge is 0.462 e. The van der Waals surface area contributed by atoms with Crippen molar-refractivity contribution in [3.05, 3.63) is 47.7 Å². The highest BCUT2D eigenvalue weighted by molar-refractivity contribution is 7.99. The molecule has 7 nitrogen and oxygen atoms in total. The van der Waals surface area contributed by atoms with Crippen molar-refractivity contribution < 1.29 is 14.3 Å². The van der Waals surface area contributed by atoms with Gasteiger partial charge >= 0.3 is 5.97 Å². The van der Waals surface area contributed by atoms with Crippen LogP contribution < -0.4 is 5.73 Å². The van der Waals surface area contributed by atoms with E-state index in [9.17, 15) is 9.59 Å². The predicted octanol–water partition coefficient (Wildman–Crippen LogP) is 2.38. The third-order valence-corrected chi connectivity index (χ3v) is 4.41. The first-order valence-electron chi connectivity index (χ1n) is 8.29. The molecule has 1 heterocycles. The lowest BCUT2D eigenvalue weighted by Crippen LogP contribution is -2.31. The Morgan fingerprint density at radius 3 is 2.58 bits per heavy atom. The molecule has 1 aromatic heterocycles. The maximum atomic E-state index is 12.4. The summed E-state index contributed by atoms with van der Waals surface area (Å²) in [6, 6.07) is 9.81. The van der Waals surface area contributed by atoms with Gasteiger partial charge in [0.15, 0.2) is 5.16 Å². The minimum atomic E-state index is -0.558. The summed E-state index contributed by atoms with van der Waals surface area (Å²) in [5.74, 6) is -0.334. The fourth-order valence-corrected chi connectivity index (χ4v) is 2.94. The Balaban J connectivity index is 1.95. The fourth-order valence-electron chi connectivity index (χ4n) is 2.21. The van der Waals surface area contributed by atoms with Crippen LogP contribution in [0.1, 0.15) is 29.8 Å². The molecule has 2 N–H and O–H groups in total. The number of carbonyl (C=O) groups is 2. The van der Waals surface area contributed by atoms with Crippen molar-refractivity contribution in [2.45, 2.75) is 25.5 Å². The smallest absolute Gasteiger partial charge is 0.343 e. The molecule has 0 atom stereocenters. The normalized spacial score (nSPS) is 10.4. The highest BCUT2D eigenvalue weighted by Crippen LogP contribution is 2.18. The maximum absolute atomic E-state index is 12.4. The quantitative estimate of drug-likeness (QED) is 0.430. The topological polar surface area (TPSA) is 98.4 Å². The summed E-state index contributed by atoms with van der Waals surface area (Å²) >= 11 is 1.19. The molecule has 0 fully saturated rings. The molecule has 0 bridgehead atoms. The van der Waals surface area contributed by atoms with Gasteiger partial charge in [-0.05, 0) is 19.4 Å². The van der Waals surface area contributed by atoms with Gasteiger partial charge in [-0.3, -0.25) is 4.79 Å². The summed E-state index contributed by atoms with van der Waals surface area (Å²) < 4.78 is 4.88. The van der Waals surface area contributed by atoms with Crippen LogP contribution in [-0.4, -0.2) is 45.6 Å². The first-order valence-corrected chi connectivity index (χ1v) is 9.27. The van der Waals surface area contributed by atoms with E-state index in [2.05, 4.69) is 9.97 Å². The molecule has 26 heavy (non-hydrogen) atoms. The molecule has 8 heteroatoms. The second-order valence-electron chi connectivity index (χ2n) is 5.35. The number of hydrogen-bond donors (Lipinski definition) is 1. The van der Waals surface area contributed by atoms with E-state index in [4.69, 9.17) is 10.5 Å². The van der Waals surface area contributed by atoms with Gasteiger partial charge in [-0.2, -0.15) is 0 Å². The van der Waals surface area contributed by atoms with Crippen LogP contribution in [0.15, 0.2) is 41.7 Å². The SMILES string of the molecule is CCOC(=O)c1cnc(SCC(=O)N(CC)Cc2ccccc2)nc1N. The van der Waals surface area contributed by atoms with Crippen molar-refractivity contribution in [1.29, 1.82) is 0 Å². The van der Waals surface area contributed by atoms with Crippen LogP contribution in [0.3, 0.4) is 0 Å². The Morgan fingerprint density at radius 2 is 1.96 bits per heavy atom. The number of nitrogens with two attached hydrogens (primary N) is 1. The van der Waals surface area contributed by atoms with Crippen molar-refractivity contribution in [1.82, 2.24) is 14.9 Å². The van der Waals surface area contributed by atoms with Crippen LogP contribution in [0.4, 0.5) is 5.82 Å². The van der Waals surface area contributed by atoms with E-state index >= 15 is 0 Å². The van der Waals surface area contributed by atoms with E-state index in [1.807, 2.05) is 37.3 Å². The Kier molecular flexibility index (Phi) is 7.40. The number of nitrogen functional groups attached to an aromatic ring is 1. The fraction of sp³-hybridized carbons (Fsp3) is 0.333. The van der Waals surface area contributed by atoms with E-state index in [0.717, 1.165) is 5.56 Å². The summed E-state index contributed by atoms with van der Waals surface area (Å²) in [6.45, 7) is 5.06. The summed E-state index contributed by atoms with van der Waals surface area (Å²) in [4.78, 5) is 34.1. The molecule has 2 rings (SSSR count). The summed E-state index contributed by atoms with van der Waals surface area (Å²) in [7, 11) is 0. The number of amides is 1. The van der Waals surface area contributed by atoms with E-state index in [0.29, 0.717) is 18.2 Å². The molecule has 0 saturated heterocycles. The van der Waals surface area contributed by atoms with Gasteiger partial charge in [-0.25, -0.2) is 14.8 Å². The molecule has 0 saturated carbocycles. The highest BCUT2D eigenvalue weighted by atomic mass is 32.2. The second-order valence-corrected chi connectivity index (χ2v) is 6.30. The lowest BCUT2D eigenvalue weighted by Gasteiger charge is -2.20. The van der Waals surface area contributed by atoms with Crippen LogP contribution in [-0.2, 0) is 16.1 Å². The minimum absolute atomic E-state index is 0.0157. The molecular weight excluding hydrogens is 352 g/mol. The summed E-state index contributed by atoms with van der Waals surface area (Å²) in [5, 5.41) is 0.347. The molecule has 1 amide bonds. The number of rotatable bonds is 8. The molecular formula is C18H22N4O3S. The van der Waals surface area contributed by atoms with Gasteiger partial charge in [0.05, 0.1) is 12.4 Å². The van der Waals surface area contributed by atoms with E-state index < -0.39 is 5.97 Å². The molecule has 138 valence electrons. The van der Waals surface area contributed by atoms with Crippen molar-refractivity contribution in [2.75, 3.05) is 24.6 Å². The predicted molar refractivity (Wildman–Crippen MR) is 101 cm³/mol. The van der Waals surface area contributed by atoms with Crippen molar-refractivity contribution in [2.24, 2.45) is 0 Å². The number of esters is 1. The number of anilines is 1. The van der Waals surface area contributed by atoms with E-state index in [-0.39, 0.29) is 29.6 Å². The maximum Gasteiger partial charge on any atom is 0.343 e. The first kappa shape index (κ1) is 19.7. The number of carbonyl (C=O) groups excluding carboxylic acids is 2. The molecule has 2 aromatic rings. The number of hydrogen-bond acceptors (Lipinski definition) is 7. The average molecular weight is 374 g/mol. The Morgan fingerprint density at radius 1 is 1.23 bits per heavy atom. The zero-order valence-electron chi connectivity index (χ0n) is 14.8. The van der Waals surface area contributed by atoms with Crippen molar-refractivity contribution in [3.8, 4) is 0 Å². The Bertz CT molecular complexity index is 755. The van der Waals surface area contributed by atoms with E-state index in [1.165, 1.54) is 18.0 Å². The van der Waals surface area contributed by atoms with Gasteiger partial charge in [0.2, 0.25) is 5.91 Å². The molecule has 0 unspecified atom stereocenters. The highest BCUT2D eigenvalue weighted by Gasteiger charge is 2.16. The zero-order valence-corrected chi connectivity index (χ0v) is 15.7. The van der Waals surface area contributed by atoms with Gasteiger partial charge in [-0.1, -0.05) is 42.1 Å². The average Bonchev–Trinajstić information content (AvgIpc) is 2.65. The third-order valence-electron chi connectivity index (χ3n) is 3.57. The lowest BCUT2D eigenvalue weighted by atomic mass is 10.2. The second kappa shape index (κ2) is 9.76. The van der Waals surface area contributed by atoms with Crippen LogP contribution >= 0.6 is 11.8 Å². The van der Waals surface area contributed by atoms with Gasteiger partial charge in [0, 0.05) is 19.3 Å². The zero-order chi connectivity index (χ0) is 18.9. The molecule has 0 radical (unpaired) electrons. The Hall–Kier alpha value is -2.61. The minimum Gasteiger partial charge on any atom is -0.462 e. The van der Waals surface area contributed by atoms with Crippen molar-refractivity contribution in [3.63, 3.8) is 0 Å². The van der Waals surface area contributed by atoms with E-state index in [1.54, 1.807) is 11.8 Å². The summed E-state index contributed by atoms with van der Waals surface area (Å²) in [5.41, 5.74) is 6.99. The van der Waals surface area contributed by atoms with Gasteiger partial charge in [0.1, 0.15) is 11.4 Å². The van der Waals surface area contributed by atoms with Crippen LogP contribution in [0.5, 0.6) is 0 Å². The molecule has 0 spiro atoms. The number of aromatic nitrogens is 2. The standard InChI is InChI=1S/C18H22N4O3S/c1-3-22(11-13-8-6-5-7-9-13)15(23)12-26-18-20-10-14(16(19)21-18)17(24)25-4-2/h5-10H,3-4,11-12H2,1-2H3,(H2,19,20,21). The number of thioether (sulfide) groups is 1. The van der Waals surface area contributed by atoms with Gasteiger partial charge in [-0.15, -0.1) is 0 Å². The third kappa shape index (κ3) is 5.45. The number of ether oxygens (including phenoxy) is 1. The monoisotopic (exact) mass is 374 g/mol. The first-order chi connectivity index (χ1) is 12.5. The molecule has 0 aliphatic heterocycles. The lowest BCUT2D eigenvalue weighted by molar-refractivity contribution is -0.128. The molecule has 0 aliphatic carbocycles. The molecule has 0 aliphatic rings. The number of nitrogens with zero attached hydrogens (tertiary/aromatic N) is 3. The van der Waals surface area contributed by atoms with Crippen molar-refractivity contribution >= 4 is 29.5 Å². The van der Waals surface area contributed by atoms with Gasteiger partial charge in [0.25, 0.3) is 0 Å². The van der Waals surface area contributed by atoms with Crippen LogP contribution in [0.25, 0.3) is 0 Å². The Labute approximate surface area is 157 Å². The van der Waals surface area contributed by atoms with Crippen LogP contribution in [0, 0.1) is 0 Å². The van der Waals surface area contributed by atoms with Gasteiger partial charge < -0.3 is 15.4 Å². The summed E-state index contributed by atoms with van der Waals surface area (Å²) in [6.07, 6.45) is 1.33. The number of benzene rings is 1. The molecule has 1 aromatic carbocycles.